The minimum atomic E-state index is -0.728. The summed E-state index contributed by atoms with van der Waals surface area (Å²) in [4.78, 5) is 36.9. The summed E-state index contributed by atoms with van der Waals surface area (Å²) in [5.41, 5.74) is 4.21. The van der Waals surface area contributed by atoms with Crippen molar-refractivity contribution in [2.75, 3.05) is 36.1 Å². The van der Waals surface area contributed by atoms with Crippen molar-refractivity contribution in [1.82, 2.24) is 20.7 Å². The largest absolute Gasteiger partial charge is 0.443 e. The molecule has 2 amide bonds. The van der Waals surface area contributed by atoms with E-state index in [4.69, 9.17) is 4.74 Å². The molecular formula is C24H28N6O3S. The van der Waals surface area contributed by atoms with Gasteiger partial charge >= 0.3 is 12.0 Å². The first-order valence-electron chi connectivity index (χ1n) is 11.1. The smallest absolute Gasteiger partial charge is 0.427 e. The summed E-state index contributed by atoms with van der Waals surface area (Å²) < 4.78 is 5.41. The molecule has 0 spiro atoms. The lowest BCUT2D eigenvalue weighted by molar-refractivity contribution is 0.0510. The number of pyridine rings is 1. The highest BCUT2D eigenvalue weighted by Gasteiger charge is 2.27. The molecule has 0 bridgehead atoms. The van der Waals surface area contributed by atoms with Crippen LogP contribution in [0.5, 0.6) is 0 Å². The number of hydrogen-bond donors (Lipinski definition) is 2. The molecule has 1 fully saturated rings. The fourth-order valence-electron chi connectivity index (χ4n) is 3.49. The zero-order valence-electron chi connectivity index (χ0n) is 19.4. The van der Waals surface area contributed by atoms with Crippen molar-refractivity contribution in [2.45, 2.75) is 26.4 Å². The lowest BCUT2D eigenvalue weighted by atomic mass is 10.1. The number of aromatic nitrogens is 2. The Morgan fingerprint density at radius 2 is 1.85 bits per heavy atom. The second-order valence-corrected chi connectivity index (χ2v) is 9.65. The van der Waals surface area contributed by atoms with Gasteiger partial charge in [0.2, 0.25) is 0 Å². The Bertz CT molecular complexity index is 1140. The van der Waals surface area contributed by atoms with Crippen molar-refractivity contribution < 1.29 is 14.3 Å². The maximum absolute atomic E-state index is 13.6. The number of thiazole rings is 1. The van der Waals surface area contributed by atoms with E-state index in [0.717, 1.165) is 43.1 Å². The van der Waals surface area contributed by atoms with Crippen molar-refractivity contribution in [2.24, 2.45) is 0 Å². The molecular weight excluding hydrogens is 452 g/mol. The van der Waals surface area contributed by atoms with Crippen LogP contribution in [0.4, 0.5) is 16.3 Å². The summed E-state index contributed by atoms with van der Waals surface area (Å²) >= 11 is 1.25. The van der Waals surface area contributed by atoms with Crippen LogP contribution in [0.25, 0.3) is 11.1 Å². The third-order valence-corrected chi connectivity index (χ3v) is 5.86. The van der Waals surface area contributed by atoms with Crippen molar-refractivity contribution in [3.05, 3.63) is 59.2 Å². The monoisotopic (exact) mass is 480 g/mol. The van der Waals surface area contributed by atoms with Crippen molar-refractivity contribution in [1.29, 1.82) is 0 Å². The number of piperazine rings is 1. The number of ether oxygens (including phenoxy) is 1. The Hall–Kier alpha value is -3.50. The van der Waals surface area contributed by atoms with Gasteiger partial charge in [-0.05, 0) is 56.2 Å². The number of amides is 2. The molecule has 34 heavy (non-hydrogen) atoms. The number of carbonyl (C=O) groups excluding carboxylic acids is 2. The molecule has 0 aliphatic carbocycles. The maximum atomic E-state index is 13.6. The quantitative estimate of drug-likeness (QED) is 0.549. The van der Waals surface area contributed by atoms with E-state index in [2.05, 4.69) is 25.6 Å². The highest BCUT2D eigenvalue weighted by atomic mass is 32.1. The van der Waals surface area contributed by atoms with Gasteiger partial charge in [0.05, 0.1) is 5.69 Å². The molecule has 4 rings (SSSR count). The third kappa shape index (κ3) is 5.89. The van der Waals surface area contributed by atoms with Crippen LogP contribution in [0.3, 0.4) is 0 Å². The molecule has 9 nitrogen and oxygen atoms in total. The molecule has 0 radical (unpaired) electrons. The Labute approximate surface area is 202 Å². The SMILES string of the molecule is CC(C)(C)OC(=O)NN(C(=O)c1nc(N2CCNCC2)cs1)c1cccc(-c2ccncc2)c1. The molecule has 3 heterocycles. The normalized spacial score (nSPS) is 13.9. The minimum absolute atomic E-state index is 0.277. The standard InChI is InChI=1S/C24H28N6O3S/c1-24(2,3)33-23(32)28-30(19-6-4-5-18(15-19)17-7-9-25-10-8-17)22(31)21-27-20(16-34-21)29-13-11-26-12-14-29/h4-10,15-16,26H,11-14H2,1-3H3,(H,28,32). The van der Waals surface area contributed by atoms with E-state index in [-0.39, 0.29) is 5.01 Å². The minimum Gasteiger partial charge on any atom is -0.443 e. The summed E-state index contributed by atoms with van der Waals surface area (Å²) in [6, 6.07) is 11.1. The van der Waals surface area contributed by atoms with Gasteiger partial charge in [-0.3, -0.25) is 9.78 Å². The number of nitrogens with one attached hydrogen (secondary N) is 2. The first-order valence-corrected chi connectivity index (χ1v) is 11.9. The molecule has 0 atom stereocenters. The van der Waals surface area contributed by atoms with Crippen molar-refractivity contribution in [3.63, 3.8) is 0 Å². The van der Waals surface area contributed by atoms with Gasteiger partial charge in [0.15, 0.2) is 5.01 Å². The van der Waals surface area contributed by atoms with Crippen molar-refractivity contribution >= 4 is 34.8 Å². The first kappa shape index (κ1) is 23.7. The number of hydrazine groups is 1. The Morgan fingerprint density at radius 1 is 1.12 bits per heavy atom. The van der Waals surface area contributed by atoms with Gasteiger partial charge in [0, 0.05) is 44.0 Å². The highest BCUT2D eigenvalue weighted by molar-refractivity contribution is 7.12. The fourth-order valence-corrected chi connectivity index (χ4v) is 4.25. The number of hydrogen-bond acceptors (Lipinski definition) is 8. The molecule has 0 unspecified atom stereocenters. The molecule has 1 aliphatic heterocycles. The van der Waals surface area contributed by atoms with Gasteiger partial charge in [-0.2, -0.15) is 0 Å². The predicted octanol–water partition coefficient (Wildman–Crippen LogP) is 3.70. The molecule has 2 N–H and O–H groups in total. The molecule has 1 aromatic carbocycles. The van der Waals surface area contributed by atoms with Crippen molar-refractivity contribution in [3.8, 4) is 11.1 Å². The number of carbonyl (C=O) groups is 2. The van der Waals surface area contributed by atoms with Gasteiger partial charge in [-0.1, -0.05) is 12.1 Å². The number of benzene rings is 1. The zero-order valence-corrected chi connectivity index (χ0v) is 20.3. The first-order chi connectivity index (χ1) is 16.3. The number of rotatable bonds is 4. The predicted molar refractivity (Wildman–Crippen MR) is 133 cm³/mol. The van der Waals surface area contributed by atoms with E-state index >= 15 is 0 Å². The van der Waals surface area contributed by atoms with Crippen LogP contribution in [-0.2, 0) is 4.74 Å². The van der Waals surface area contributed by atoms with E-state index in [1.165, 1.54) is 16.3 Å². The highest BCUT2D eigenvalue weighted by Crippen LogP contribution is 2.26. The van der Waals surface area contributed by atoms with Crippen LogP contribution in [-0.4, -0.2) is 53.7 Å². The second-order valence-electron chi connectivity index (χ2n) is 8.79. The van der Waals surface area contributed by atoms with Gasteiger partial charge < -0.3 is 15.0 Å². The molecule has 1 saturated heterocycles. The van der Waals surface area contributed by atoms with Gasteiger partial charge in [0.1, 0.15) is 11.4 Å². The third-order valence-electron chi connectivity index (χ3n) is 5.04. The van der Waals surface area contributed by atoms with E-state index in [0.29, 0.717) is 5.69 Å². The van der Waals surface area contributed by atoms with Gasteiger partial charge in [0.25, 0.3) is 0 Å². The Kier molecular flexibility index (Phi) is 7.09. The molecule has 178 valence electrons. The fraction of sp³-hybridized carbons (Fsp3) is 0.333. The Balaban J connectivity index is 1.64. The molecule has 2 aromatic heterocycles. The summed E-state index contributed by atoms with van der Waals surface area (Å²) in [7, 11) is 0. The second kappa shape index (κ2) is 10.2. The van der Waals surface area contributed by atoms with Crippen LogP contribution >= 0.6 is 11.3 Å². The van der Waals surface area contributed by atoms with E-state index in [1.807, 2.05) is 35.7 Å². The van der Waals surface area contributed by atoms with Crippen LogP contribution in [0.15, 0.2) is 54.2 Å². The molecule has 3 aromatic rings. The average molecular weight is 481 g/mol. The Morgan fingerprint density at radius 3 is 2.56 bits per heavy atom. The summed E-state index contributed by atoms with van der Waals surface area (Å²) in [5.74, 6) is 0.321. The van der Waals surface area contributed by atoms with Crippen LogP contribution in [0, 0.1) is 0 Å². The lowest BCUT2D eigenvalue weighted by Crippen LogP contribution is -2.48. The van der Waals surface area contributed by atoms with Crippen LogP contribution in [0.2, 0.25) is 0 Å². The maximum Gasteiger partial charge on any atom is 0.427 e. The van der Waals surface area contributed by atoms with E-state index in [9.17, 15) is 9.59 Å². The summed E-state index contributed by atoms with van der Waals surface area (Å²) in [6.07, 6.45) is 2.68. The van der Waals surface area contributed by atoms with E-state index < -0.39 is 17.6 Å². The topological polar surface area (TPSA) is 99.7 Å². The molecule has 10 heteroatoms. The van der Waals surface area contributed by atoms with Crippen LogP contribution in [0.1, 0.15) is 30.6 Å². The zero-order chi connectivity index (χ0) is 24.1. The van der Waals surface area contributed by atoms with Gasteiger partial charge in [-0.25, -0.2) is 20.2 Å². The van der Waals surface area contributed by atoms with E-state index in [1.54, 1.807) is 39.2 Å². The summed E-state index contributed by atoms with van der Waals surface area (Å²) in [5, 5.41) is 6.65. The van der Waals surface area contributed by atoms with Gasteiger partial charge in [-0.15, -0.1) is 11.3 Å². The average Bonchev–Trinajstić information content (AvgIpc) is 3.33. The summed E-state index contributed by atoms with van der Waals surface area (Å²) in [6.45, 7) is 8.69. The number of nitrogens with zero attached hydrogens (tertiary/aromatic N) is 4. The molecule has 0 saturated carbocycles. The lowest BCUT2D eigenvalue weighted by Gasteiger charge is -2.27. The van der Waals surface area contributed by atoms with Crippen LogP contribution < -0.4 is 20.7 Å². The number of anilines is 2. The molecule has 1 aliphatic rings.